The summed E-state index contributed by atoms with van der Waals surface area (Å²) >= 11 is -0.867. The van der Waals surface area contributed by atoms with Crippen molar-refractivity contribution < 1.29 is 96.6 Å². The molecule has 0 bridgehead atoms. The van der Waals surface area contributed by atoms with Gasteiger partial charge in [-0.05, 0) is 22.6 Å². The summed E-state index contributed by atoms with van der Waals surface area (Å²) in [6.07, 6.45) is -18.1. The summed E-state index contributed by atoms with van der Waals surface area (Å²) in [6, 6.07) is 0. The first-order chi connectivity index (χ1) is 14.6. The predicted octanol–water partition coefficient (Wildman–Crippen LogP) is 8.51. The molecule has 0 rings (SSSR count). The molecule has 0 unspecified atom stereocenters. The minimum Gasteiger partial charge on any atom is -0.195 e. The minimum atomic E-state index is -8.57. The Morgan fingerprint density at radius 1 is 0.371 bits per heavy atom. The van der Waals surface area contributed by atoms with E-state index in [0.717, 1.165) is 0 Å². The Morgan fingerprint density at radius 3 is 0.914 bits per heavy atom. The lowest BCUT2D eigenvalue weighted by Crippen LogP contribution is -2.70. The maximum atomic E-state index is 13.6. The number of halogens is 23. The summed E-state index contributed by atoms with van der Waals surface area (Å²) in [5, 5.41) is 0. The molecule has 0 radical (unpaired) electrons. The van der Waals surface area contributed by atoms with Gasteiger partial charge < -0.3 is 0 Å². The van der Waals surface area contributed by atoms with E-state index >= 15 is 0 Å². The second-order valence-electron chi connectivity index (χ2n) is 6.13. The smallest absolute Gasteiger partial charge is 0.195 e. The standard InChI is InChI=1S/C12HF22I/c13-3(14,5(17,18)9(25,26)11(29,30)31)1-2(35)4(15,16)6(19,20)7(21,22)8(23,24)10(27,28)12(32,33)34/h1H. The second-order valence-corrected chi connectivity index (χ2v) is 7.29. The average molecular weight is 690 g/mol. The molecule has 0 aliphatic heterocycles. The van der Waals surface area contributed by atoms with E-state index in [0.29, 0.717) is 0 Å². The van der Waals surface area contributed by atoms with Gasteiger partial charge in [-0.2, -0.15) is 96.6 Å². The Kier molecular flexibility index (Phi) is 8.22. The van der Waals surface area contributed by atoms with Crippen molar-refractivity contribution in [1.29, 1.82) is 0 Å². The fourth-order valence-corrected chi connectivity index (χ4v) is 2.38. The van der Waals surface area contributed by atoms with E-state index in [1.807, 2.05) is 0 Å². The zero-order valence-corrected chi connectivity index (χ0v) is 16.9. The van der Waals surface area contributed by atoms with E-state index < -0.39 is 92.0 Å². The quantitative estimate of drug-likeness (QED) is 0.177. The van der Waals surface area contributed by atoms with Crippen LogP contribution in [0.1, 0.15) is 0 Å². The fraction of sp³-hybridized carbons (Fsp3) is 0.833. The first kappa shape index (κ1) is 33.9. The predicted molar refractivity (Wildman–Crippen MR) is 73.8 cm³/mol. The van der Waals surface area contributed by atoms with Crippen LogP contribution in [-0.4, -0.2) is 59.7 Å². The Bertz CT molecular complexity index is 809. The van der Waals surface area contributed by atoms with Gasteiger partial charge >= 0.3 is 59.7 Å². The molecule has 0 aromatic heterocycles. The van der Waals surface area contributed by atoms with E-state index in [-0.39, 0.29) is 0 Å². The van der Waals surface area contributed by atoms with Crippen LogP contribution in [-0.2, 0) is 0 Å². The number of alkyl halides is 22. The highest BCUT2D eigenvalue weighted by atomic mass is 127. The average Bonchev–Trinajstić information content (AvgIpc) is 2.58. The summed E-state index contributed by atoms with van der Waals surface area (Å²) in [7, 11) is 0. The highest BCUT2D eigenvalue weighted by molar-refractivity contribution is 14.1. The fourth-order valence-electron chi connectivity index (χ4n) is 1.65. The van der Waals surface area contributed by atoms with Gasteiger partial charge in [-0.1, -0.05) is 0 Å². The summed E-state index contributed by atoms with van der Waals surface area (Å²) in [4.78, 5) is 0. The van der Waals surface area contributed by atoms with Crippen molar-refractivity contribution in [2.75, 3.05) is 0 Å². The number of rotatable bonds is 8. The summed E-state index contributed by atoms with van der Waals surface area (Å²) < 4.78 is 278. The van der Waals surface area contributed by atoms with E-state index in [1.54, 1.807) is 0 Å². The Labute approximate surface area is 189 Å². The van der Waals surface area contributed by atoms with Crippen LogP contribution in [0.2, 0.25) is 0 Å². The van der Waals surface area contributed by atoms with Crippen molar-refractivity contribution in [1.82, 2.24) is 0 Å². The van der Waals surface area contributed by atoms with Gasteiger partial charge in [0.2, 0.25) is 0 Å². The Balaban J connectivity index is 6.86. The van der Waals surface area contributed by atoms with Crippen LogP contribution in [0.3, 0.4) is 0 Å². The van der Waals surface area contributed by atoms with Gasteiger partial charge in [-0.25, -0.2) is 0 Å². The van der Waals surface area contributed by atoms with E-state index in [2.05, 4.69) is 0 Å². The minimum absolute atomic E-state index is 0.867. The number of hydrogen-bond donors (Lipinski definition) is 0. The molecule has 0 aliphatic carbocycles. The second kappa shape index (κ2) is 8.48. The Hall–Kier alpha value is -1.07. The van der Waals surface area contributed by atoms with Gasteiger partial charge in [0.15, 0.2) is 0 Å². The molecule has 0 atom stereocenters. The SMILES string of the molecule is FC(F)(F)C(F)(F)C(F)(F)C(F)(F)C=C(I)C(F)(F)C(F)(F)C(F)(F)C(F)(F)C(F)(F)C(F)(F)F. The molecule has 0 amide bonds. The molecule has 0 saturated heterocycles. The molecule has 0 fully saturated rings. The first-order valence-electron chi connectivity index (χ1n) is 7.17. The van der Waals surface area contributed by atoms with E-state index in [1.165, 1.54) is 0 Å². The normalized spacial score (nSPS) is 17.2. The summed E-state index contributed by atoms with van der Waals surface area (Å²) in [5.74, 6) is -64.3. The van der Waals surface area contributed by atoms with Crippen LogP contribution in [0.15, 0.2) is 9.66 Å². The van der Waals surface area contributed by atoms with Crippen molar-refractivity contribution in [3.8, 4) is 0 Å². The van der Waals surface area contributed by atoms with Gasteiger partial charge in [-0.3, -0.25) is 0 Å². The topological polar surface area (TPSA) is 0 Å². The summed E-state index contributed by atoms with van der Waals surface area (Å²) in [5.41, 5.74) is 0. The molecule has 0 nitrogen and oxygen atoms in total. The lowest BCUT2D eigenvalue weighted by Gasteiger charge is -2.40. The molecule has 0 heterocycles. The lowest BCUT2D eigenvalue weighted by molar-refractivity contribution is -0.436. The van der Waals surface area contributed by atoms with Gasteiger partial charge in [0.05, 0.1) is 3.58 Å². The third kappa shape index (κ3) is 4.69. The van der Waals surface area contributed by atoms with Crippen LogP contribution >= 0.6 is 22.6 Å². The van der Waals surface area contributed by atoms with Crippen molar-refractivity contribution in [2.24, 2.45) is 0 Å². The van der Waals surface area contributed by atoms with Gasteiger partial charge in [0.1, 0.15) is 0 Å². The monoisotopic (exact) mass is 690 g/mol. The molecule has 0 aromatic carbocycles. The van der Waals surface area contributed by atoms with Crippen molar-refractivity contribution in [2.45, 2.75) is 59.7 Å². The van der Waals surface area contributed by atoms with Crippen LogP contribution in [0, 0.1) is 0 Å². The molecule has 0 aliphatic rings. The lowest BCUT2D eigenvalue weighted by atomic mass is 9.93. The van der Waals surface area contributed by atoms with Gasteiger partial charge in [0, 0.05) is 6.08 Å². The molecule has 0 N–H and O–H groups in total. The number of allylic oxidation sites excluding steroid dienone is 2. The third-order valence-corrected chi connectivity index (χ3v) is 4.70. The van der Waals surface area contributed by atoms with Crippen LogP contribution in [0.25, 0.3) is 0 Å². The van der Waals surface area contributed by atoms with Crippen LogP contribution < -0.4 is 0 Å². The van der Waals surface area contributed by atoms with Crippen molar-refractivity contribution in [3.05, 3.63) is 9.66 Å². The van der Waals surface area contributed by atoms with Crippen LogP contribution in [0.5, 0.6) is 0 Å². The zero-order valence-electron chi connectivity index (χ0n) is 14.8. The molecule has 0 spiro atoms. The molecule has 210 valence electrons. The molecular weight excluding hydrogens is 689 g/mol. The molecule has 35 heavy (non-hydrogen) atoms. The molecule has 0 aromatic rings. The zero-order chi connectivity index (χ0) is 29.3. The van der Waals surface area contributed by atoms with E-state index in [4.69, 9.17) is 0 Å². The van der Waals surface area contributed by atoms with Gasteiger partial charge in [0.25, 0.3) is 0 Å². The van der Waals surface area contributed by atoms with Crippen molar-refractivity contribution >= 4 is 22.6 Å². The molecule has 0 saturated carbocycles. The summed E-state index contributed by atoms with van der Waals surface area (Å²) in [6.45, 7) is 0. The maximum absolute atomic E-state index is 13.6. The molecule has 23 heteroatoms. The number of hydrogen-bond acceptors (Lipinski definition) is 0. The highest BCUT2D eigenvalue weighted by Crippen LogP contribution is 2.62. The molecular formula is C12HF22I. The van der Waals surface area contributed by atoms with Crippen molar-refractivity contribution in [3.63, 3.8) is 0 Å². The highest BCUT2D eigenvalue weighted by Gasteiger charge is 2.91. The van der Waals surface area contributed by atoms with Gasteiger partial charge in [-0.15, -0.1) is 0 Å². The maximum Gasteiger partial charge on any atom is 0.460 e. The third-order valence-electron chi connectivity index (χ3n) is 3.71. The Morgan fingerprint density at radius 2 is 0.629 bits per heavy atom. The van der Waals surface area contributed by atoms with E-state index in [9.17, 15) is 96.6 Å². The largest absolute Gasteiger partial charge is 0.460 e. The first-order valence-corrected chi connectivity index (χ1v) is 8.25. The van der Waals surface area contributed by atoms with Crippen LogP contribution in [0.4, 0.5) is 96.6 Å².